The predicted octanol–water partition coefficient (Wildman–Crippen LogP) is 5.91. The van der Waals surface area contributed by atoms with Crippen molar-refractivity contribution in [3.63, 3.8) is 0 Å². The van der Waals surface area contributed by atoms with Gasteiger partial charge in [-0.15, -0.1) is 10.2 Å². The third-order valence-electron chi connectivity index (χ3n) is 8.28. The van der Waals surface area contributed by atoms with Crippen LogP contribution >= 0.6 is 0 Å². The van der Waals surface area contributed by atoms with Crippen molar-refractivity contribution in [2.45, 2.75) is 52.7 Å². The van der Waals surface area contributed by atoms with Gasteiger partial charge in [-0.2, -0.15) is 0 Å². The van der Waals surface area contributed by atoms with E-state index in [9.17, 15) is 4.79 Å². The van der Waals surface area contributed by atoms with Gasteiger partial charge in [0.1, 0.15) is 17.7 Å². The molecule has 11 nitrogen and oxygen atoms in total. The Balaban J connectivity index is 1.32. The van der Waals surface area contributed by atoms with Crippen LogP contribution in [0.1, 0.15) is 62.4 Å². The van der Waals surface area contributed by atoms with Gasteiger partial charge in [0.25, 0.3) is 0 Å². The third kappa shape index (κ3) is 8.48. The average molecular weight is 638 g/mol. The Morgan fingerprint density at radius 1 is 1.02 bits per heavy atom. The van der Waals surface area contributed by atoms with E-state index < -0.39 is 0 Å². The van der Waals surface area contributed by atoms with Gasteiger partial charge < -0.3 is 25.6 Å². The number of hydrogen-bond acceptors (Lipinski definition) is 8. The molecular formula is C36H47N9O2. The second kappa shape index (κ2) is 14.3. The molecular weight excluding hydrogens is 590 g/mol. The predicted molar refractivity (Wildman–Crippen MR) is 188 cm³/mol. The van der Waals surface area contributed by atoms with E-state index in [2.05, 4.69) is 56.9 Å². The number of aliphatic imine (C=N–C) groups is 1. The van der Waals surface area contributed by atoms with Crippen molar-refractivity contribution < 1.29 is 9.53 Å². The molecule has 0 bridgehead atoms. The van der Waals surface area contributed by atoms with Crippen molar-refractivity contribution in [1.29, 1.82) is 0 Å². The lowest BCUT2D eigenvalue weighted by Crippen LogP contribution is -2.42. The number of aromatic nitrogens is 3. The Hall–Kier alpha value is -4.90. The van der Waals surface area contributed by atoms with Crippen LogP contribution in [0.25, 0.3) is 5.65 Å². The molecule has 0 saturated carbocycles. The number of anilines is 1. The quantitative estimate of drug-likeness (QED) is 0.154. The number of amides is 2. The third-order valence-corrected chi connectivity index (χ3v) is 8.28. The number of fused-ring (bicyclic) bond motifs is 2. The molecule has 1 aliphatic carbocycles. The monoisotopic (exact) mass is 637 g/mol. The van der Waals surface area contributed by atoms with Gasteiger partial charge in [0.2, 0.25) is 5.95 Å². The minimum absolute atomic E-state index is 0.177. The number of nitrogens with one attached hydrogen (secondary N) is 2. The highest BCUT2D eigenvalue weighted by molar-refractivity contribution is 6.05. The summed E-state index contributed by atoms with van der Waals surface area (Å²) in [6, 6.07) is 19.2. The summed E-state index contributed by atoms with van der Waals surface area (Å²) in [5, 5.41) is 14.9. The van der Waals surface area contributed by atoms with Crippen LogP contribution in [0.15, 0.2) is 83.6 Å². The van der Waals surface area contributed by atoms with Crippen LogP contribution in [0, 0.1) is 12.3 Å². The zero-order chi connectivity index (χ0) is 33.7. The molecule has 0 saturated heterocycles. The number of benzene rings is 2. The Labute approximate surface area is 277 Å². The number of hydrogen-bond donors (Lipinski definition) is 3. The molecule has 0 unspecified atom stereocenters. The molecule has 47 heavy (non-hydrogen) atoms. The van der Waals surface area contributed by atoms with Gasteiger partial charge in [0.05, 0.1) is 17.9 Å². The number of carbonyl (C=O) groups is 1. The summed E-state index contributed by atoms with van der Waals surface area (Å²) >= 11 is 0. The number of pyridine rings is 1. The SMILES string of the molecule is Cc1ccc(N=C(C=C(N)C(C)(C)C)NC(=O)N[C@H]2CC[C@@H](Oc3ccc4nnc(N(C)CCN(C)C)n4c3)c3ccccc32)cc1. The summed E-state index contributed by atoms with van der Waals surface area (Å²) in [6.45, 7) is 9.80. The van der Waals surface area contributed by atoms with E-state index in [0.717, 1.165) is 59.2 Å². The summed E-state index contributed by atoms with van der Waals surface area (Å²) in [6.07, 6.45) is 4.93. The van der Waals surface area contributed by atoms with Crippen molar-refractivity contribution in [3.05, 3.63) is 95.3 Å². The molecule has 2 aromatic carbocycles. The van der Waals surface area contributed by atoms with Crippen LogP contribution in [0.4, 0.5) is 16.4 Å². The molecule has 0 aliphatic heterocycles. The number of urea groups is 1. The van der Waals surface area contributed by atoms with E-state index >= 15 is 0 Å². The molecule has 1 aliphatic rings. The fraction of sp³-hybridized carbons (Fsp3) is 0.389. The molecule has 4 aromatic rings. The first kappa shape index (κ1) is 33.5. The highest BCUT2D eigenvalue weighted by atomic mass is 16.5. The molecule has 2 atom stereocenters. The van der Waals surface area contributed by atoms with E-state index in [0.29, 0.717) is 18.0 Å². The van der Waals surface area contributed by atoms with Gasteiger partial charge in [0, 0.05) is 37.3 Å². The lowest BCUT2D eigenvalue weighted by molar-refractivity contribution is 0.171. The summed E-state index contributed by atoms with van der Waals surface area (Å²) in [7, 11) is 6.12. The van der Waals surface area contributed by atoms with Gasteiger partial charge in [-0.25, -0.2) is 9.79 Å². The Morgan fingerprint density at radius 3 is 2.45 bits per heavy atom. The van der Waals surface area contributed by atoms with Gasteiger partial charge in [-0.3, -0.25) is 9.72 Å². The van der Waals surface area contributed by atoms with Crippen molar-refractivity contribution in [1.82, 2.24) is 30.1 Å². The first-order valence-corrected chi connectivity index (χ1v) is 16.0. The number of aryl methyl sites for hydroxylation is 1. The fourth-order valence-electron chi connectivity index (χ4n) is 5.36. The number of likely N-dealkylation sites (N-methyl/N-ethyl adjacent to an activating group) is 2. The van der Waals surface area contributed by atoms with Crippen LogP contribution in [-0.2, 0) is 0 Å². The standard InChI is InChI=1S/C36H47N9O2/c1-24-12-14-25(15-13-24)38-32(22-31(37)36(2,3)4)40-34(46)39-29-17-18-30(28-11-9-8-10-27(28)29)47-26-16-19-33-41-42-35(45(33)23-26)44(7)21-20-43(5)6/h8-16,19,22-23,29-30H,17-18,20-21,37H2,1-7H3,(H2,38,39,40,46)/t29-,30+/m0/s1. The molecule has 248 valence electrons. The Morgan fingerprint density at radius 2 is 1.74 bits per heavy atom. The van der Waals surface area contributed by atoms with Crippen LogP contribution in [0.5, 0.6) is 5.75 Å². The molecule has 5 rings (SSSR count). The minimum Gasteiger partial charge on any atom is -0.484 e. The number of carbonyl (C=O) groups excluding carboxylic acids is 1. The molecule has 2 amide bonds. The van der Waals surface area contributed by atoms with E-state index in [1.807, 2.05) is 93.9 Å². The maximum absolute atomic E-state index is 13.4. The first-order chi connectivity index (χ1) is 22.4. The Bertz CT molecular complexity index is 1750. The second-order valence-electron chi connectivity index (χ2n) is 13.5. The molecule has 2 aromatic heterocycles. The van der Waals surface area contributed by atoms with Crippen molar-refractivity contribution in [2.24, 2.45) is 16.1 Å². The van der Waals surface area contributed by atoms with Crippen LogP contribution < -0.4 is 26.0 Å². The van der Waals surface area contributed by atoms with Gasteiger partial charge in [-0.1, -0.05) is 62.7 Å². The zero-order valence-electron chi connectivity index (χ0n) is 28.5. The molecule has 2 heterocycles. The van der Waals surface area contributed by atoms with Crippen molar-refractivity contribution in [2.75, 3.05) is 39.1 Å². The van der Waals surface area contributed by atoms with E-state index in [1.165, 1.54) is 0 Å². The van der Waals surface area contributed by atoms with Gasteiger partial charge in [-0.05, 0) is 69.3 Å². The number of ether oxygens (including phenoxy) is 1. The lowest BCUT2D eigenvalue weighted by atomic mass is 9.85. The van der Waals surface area contributed by atoms with E-state index in [1.54, 1.807) is 6.08 Å². The average Bonchev–Trinajstić information content (AvgIpc) is 3.45. The number of amidine groups is 1. The molecule has 4 N–H and O–H groups in total. The smallest absolute Gasteiger partial charge is 0.320 e. The maximum atomic E-state index is 13.4. The van der Waals surface area contributed by atoms with E-state index in [4.69, 9.17) is 15.5 Å². The number of allylic oxidation sites excluding steroid dienone is 1. The van der Waals surface area contributed by atoms with E-state index in [-0.39, 0.29) is 23.6 Å². The summed E-state index contributed by atoms with van der Waals surface area (Å²) in [5.41, 5.74) is 11.4. The molecule has 0 radical (unpaired) electrons. The normalized spacial score (nSPS) is 17.0. The second-order valence-corrected chi connectivity index (χ2v) is 13.5. The topological polar surface area (TPSA) is 125 Å². The number of rotatable bonds is 9. The van der Waals surface area contributed by atoms with Gasteiger partial charge >= 0.3 is 6.03 Å². The highest BCUT2D eigenvalue weighted by Crippen LogP contribution is 2.39. The summed E-state index contributed by atoms with van der Waals surface area (Å²) in [5.74, 6) is 1.86. The molecule has 0 spiro atoms. The minimum atomic E-state index is -0.350. The van der Waals surface area contributed by atoms with Crippen LogP contribution in [0.2, 0.25) is 0 Å². The number of nitrogens with two attached hydrogens (primary N) is 1. The summed E-state index contributed by atoms with van der Waals surface area (Å²) < 4.78 is 8.55. The Kier molecular flexibility index (Phi) is 10.1. The first-order valence-electron chi connectivity index (χ1n) is 16.0. The van der Waals surface area contributed by atoms with Gasteiger partial charge in [0.15, 0.2) is 5.65 Å². The molecule has 0 fully saturated rings. The fourth-order valence-corrected chi connectivity index (χ4v) is 5.36. The molecule has 11 heteroatoms. The van der Waals surface area contributed by atoms with Crippen LogP contribution in [0.3, 0.4) is 0 Å². The highest BCUT2D eigenvalue weighted by Gasteiger charge is 2.30. The van der Waals surface area contributed by atoms with Crippen LogP contribution in [-0.4, -0.2) is 65.6 Å². The maximum Gasteiger partial charge on any atom is 0.320 e. The van der Waals surface area contributed by atoms with Crippen molar-refractivity contribution in [3.8, 4) is 5.75 Å². The largest absolute Gasteiger partial charge is 0.484 e. The zero-order valence-corrected chi connectivity index (χ0v) is 28.5. The van der Waals surface area contributed by atoms with Crippen molar-refractivity contribution >= 4 is 29.1 Å². The number of nitrogens with zero attached hydrogens (tertiary/aromatic N) is 6. The summed E-state index contributed by atoms with van der Waals surface area (Å²) in [4.78, 5) is 22.3. The lowest BCUT2D eigenvalue weighted by Gasteiger charge is -2.32.